The van der Waals surface area contributed by atoms with Gasteiger partial charge in [0.05, 0.1) is 5.69 Å². The van der Waals surface area contributed by atoms with Crippen LogP contribution < -0.4 is 5.32 Å². The average molecular weight is 268 g/mol. The normalized spacial score (nSPS) is 16.2. The Bertz CT molecular complexity index is 333. The summed E-state index contributed by atoms with van der Waals surface area (Å²) in [6.07, 6.45) is 4.21. The molecule has 0 aliphatic heterocycles. The van der Waals surface area contributed by atoms with Gasteiger partial charge in [0, 0.05) is 11.0 Å². The van der Waals surface area contributed by atoms with Gasteiger partial charge in [0.2, 0.25) is 0 Å². The molecule has 1 aliphatic rings. The Labute approximate surface area is 100 Å². The van der Waals surface area contributed by atoms with Crippen LogP contribution in [0.1, 0.15) is 30.4 Å². The molecule has 0 bridgehead atoms. The Morgan fingerprint density at radius 3 is 2.60 bits per heavy atom. The predicted octanol–water partition coefficient (Wildman–Crippen LogP) is 4.28. The minimum absolute atomic E-state index is 0.901. The molecule has 1 N–H and O–H groups in total. The second-order valence-corrected chi connectivity index (χ2v) is 5.47. The number of benzene rings is 1. The molecule has 0 aromatic heterocycles. The highest BCUT2D eigenvalue weighted by molar-refractivity contribution is 9.10. The quantitative estimate of drug-likeness (QED) is 0.862. The second kappa shape index (κ2) is 4.56. The zero-order valence-corrected chi connectivity index (χ0v) is 11.0. The Balaban J connectivity index is 2.05. The van der Waals surface area contributed by atoms with Gasteiger partial charge < -0.3 is 5.32 Å². The molecule has 1 saturated carbocycles. The van der Waals surface area contributed by atoms with E-state index in [9.17, 15) is 0 Å². The smallest absolute Gasteiger partial charge is 0.0514 e. The molecule has 1 nitrogen and oxygen atoms in total. The summed E-state index contributed by atoms with van der Waals surface area (Å²) in [6, 6.07) is 4.41. The lowest BCUT2D eigenvalue weighted by Gasteiger charge is -2.26. The summed E-state index contributed by atoms with van der Waals surface area (Å²) in [5.74, 6) is 0.901. The molecule has 0 spiro atoms. The fourth-order valence-electron chi connectivity index (χ4n) is 2.08. The van der Waals surface area contributed by atoms with E-state index in [0.29, 0.717) is 0 Å². The summed E-state index contributed by atoms with van der Waals surface area (Å²) < 4.78 is 1.19. The maximum absolute atomic E-state index is 3.63. The molecule has 1 aromatic carbocycles. The molecule has 15 heavy (non-hydrogen) atoms. The third-order valence-electron chi connectivity index (χ3n) is 3.22. The van der Waals surface area contributed by atoms with Gasteiger partial charge in [-0.1, -0.05) is 12.5 Å². The Hall–Kier alpha value is -0.500. The summed E-state index contributed by atoms with van der Waals surface area (Å²) in [5, 5.41) is 3.56. The maximum atomic E-state index is 3.63. The van der Waals surface area contributed by atoms with Crippen molar-refractivity contribution in [2.75, 3.05) is 11.9 Å². The molecule has 1 aromatic rings. The first kappa shape index (κ1) is 11.0. The number of hydrogen-bond acceptors (Lipinski definition) is 1. The molecule has 0 heterocycles. The van der Waals surface area contributed by atoms with Crippen molar-refractivity contribution in [1.29, 1.82) is 0 Å². The standard InChI is InChI=1S/C13H18BrN/c1-9-6-10(2)13(12(14)7-9)15-8-11-4-3-5-11/h6-7,11,15H,3-5,8H2,1-2H3. The van der Waals surface area contributed by atoms with Crippen LogP contribution in [0.3, 0.4) is 0 Å². The summed E-state index contributed by atoms with van der Waals surface area (Å²) >= 11 is 3.63. The highest BCUT2D eigenvalue weighted by atomic mass is 79.9. The number of nitrogens with one attached hydrogen (secondary N) is 1. The third kappa shape index (κ3) is 2.54. The molecule has 2 rings (SSSR count). The number of aryl methyl sites for hydroxylation is 2. The third-order valence-corrected chi connectivity index (χ3v) is 3.85. The zero-order chi connectivity index (χ0) is 10.8. The lowest BCUT2D eigenvalue weighted by Crippen LogP contribution is -2.21. The average Bonchev–Trinajstić information content (AvgIpc) is 2.06. The van der Waals surface area contributed by atoms with Crippen LogP contribution in [0.4, 0.5) is 5.69 Å². The van der Waals surface area contributed by atoms with Gasteiger partial charge in [0.15, 0.2) is 0 Å². The van der Waals surface area contributed by atoms with Gasteiger partial charge in [-0.25, -0.2) is 0 Å². The van der Waals surface area contributed by atoms with Crippen LogP contribution >= 0.6 is 15.9 Å². The first-order valence-electron chi connectivity index (χ1n) is 5.67. The number of hydrogen-bond donors (Lipinski definition) is 1. The van der Waals surface area contributed by atoms with Gasteiger partial charge in [0.25, 0.3) is 0 Å². The Kier molecular flexibility index (Phi) is 3.35. The molecular formula is C13H18BrN. The van der Waals surface area contributed by atoms with E-state index in [1.807, 2.05) is 0 Å². The van der Waals surface area contributed by atoms with Gasteiger partial charge in [-0.05, 0) is 65.7 Å². The van der Waals surface area contributed by atoms with Crippen LogP contribution in [0.15, 0.2) is 16.6 Å². The SMILES string of the molecule is Cc1cc(C)c(NCC2CCC2)c(Br)c1. The van der Waals surface area contributed by atoms with Gasteiger partial charge in [-0.2, -0.15) is 0 Å². The van der Waals surface area contributed by atoms with Gasteiger partial charge >= 0.3 is 0 Å². The van der Waals surface area contributed by atoms with Crippen LogP contribution in [0.2, 0.25) is 0 Å². The zero-order valence-electron chi connectivity index (χ0n) is 9.44. The monoisotopic (exact) mass is 267 g/mol. The summed E-state index contributed by atoms with van der Waals surface area (Å²) in [6.45, 7) is 5.43. The predicted molar refractivity (Wildman–Crippen MR) is 69.4 cm³/mol. The molecule has 82 valence electrons. The minimum Gasteiger partial charge on any atom is -0.384 e. The van der Waals surface area contributed by atoms with E-state index in [0.717, 1.165) is 12.5 Å². The fraction of sp³-hybridized carbons (Fsp3) is 0.538. The van der Waals surface area contributed by atoms with Crippen molar-refractivity contribution < 1.29 is 0 Å². The molecule has 0 atom stereocenters. The van der Waals surface area contributed by atoms with Crippen LogP contribution in [0.5, 0.6) is 0 Å². The van der Waals surface area contributed by atoms with Crippen molar-refractivity contribution >= 4 is 21.6 Å². The summed E-state index contributed by atoms with van der Waals surface area (Å²) in [7, 11) is 0. The molecule has 0 amide bonds. The first-order valence-corrected chi connectivity index (χ1v) is 6.46. The van der Waals surface area contributed by atoms with Gasteiger partial charge in [-0.15, -0.1) is 0 Å². The van der Waals surface area contributed by atoms with Crippen LogP contribution in [-0.2, 0) is 0 Å². The van der Waals surface area contributed by atoms with Crippen molar-refractivity contribution in [3.8, 4) is 0 Å². The largest absolute Gasteiger partial charge is 0.384 e. The van der Waals surface area contributed by atoms with Gasteiger partial charge in [0.1, 0.15) is 0 Å². The maximum Gasteiger partial charge on any atom is 0.0514 e. The Morgan fingerprint density at radius 1 is 1.33 bits per heavy atom. The van der Waals surface area contributed by atoms with E-state index in [1.165, 1.54) is 40.5 Å². The number of anilines is 1. The first-order chi connectivity index (χ1) is 7.16. The lowest BCUT2D eigenvalue weighted by atomic mass is 9.85. The molecule has 2 heteroatoms. The van der Waals surface area contributed by atoms with E-state index in [-0.39, 0.29) is 0 Å². The topological polar surface area (TPSA) is 12.0 Å². The second-order valence-electron chi connectivity index (χ2n) is 4.62. The molecule has 0 saturated heterocycles. The van der Waals surface area contributed by atoms with Crippen LogP contribution in [0, 0.1) is 19.8 Å². The van der Waals surface area contributed by atoms with Gasteiger partial charge in [-0.3, -0.25) is 0 Å². The van der Waals surface area contributed by atoms with E-state index >= 15 is 0 Å². The van der Waals surface area contributed by atoms with Crippen molar-refractivity contribution in [2.24, 2.45) is 5.92 Å². The van der Waals surface area contributed by atoms with E-state index in [1.54, 1.807) is 0 Å². The summed E-state index contributed by atoms with van der Waals surface area (Å²) in [5.41, 5.74) is 3.92. The fourth-order valence-corrected chi connectivity index (χ4v) is 2.90. The van der Waals surface area contributed by atoms with Crippen molar-refractivity contribution in [3.63, 3.8) is 0 Å². The Morgan fingerprint density at radius 2 is 2.07 bits per heavy atom. The van der Waals surface area contributed by atoms with E-state index < -0.39 is 0 Å². The minimum atomic E-state index is 0.901. The van der Waals surface area contributed by atoms with E-state index in [4.69, 9.17) is 0 Å². The van der Waals surface area contributed by atoms with Crippen molar-refractivity contribution in [3.05, 3.63) is 27.7 Å². The van der Waals surface area contributed by atoms with Crippen molar-refractivity contribution in [1.82, 2.24) is 0 Å². The molecular weight excluding hydrogens is 250 g/mol. The van der Waals surface area contributed by atoms with E-state index in [2.05, 4.69) is 47.2 Å². The highest BCUT2D eigenvalue weighted by Crippen LogP contribution is 2.31. The van der Waals surface area contributed by atoms with Crippen LogP contribution in [-0.4, -0.2) is 6.54 Å². The lowest BCUT2D eigenvalue weighted by molar-refractivity contribution is 0.333. The van der Waals surface area contributed by atoms with Crippen molar-refractivity contribution in [2.45, 2.75) is 33.1 Å². The molecule has 1 aliphatic carbocycles. The number of halogens is 1. The number of rotatable bonds is 3. The highest BCUT2D eigenvalue weighted by Gasteiger charge is 2.17. The molecule has 0 unspecified atom stereocenters. The van der Waals surface area contributed by atoms with Crippen LogP contribution in [0.25, 0.3) is 0 Å². The molecule has 0 radical (unpaired) electrons. The molecule has 1 fully saturated rings. The summed E-state index contributed by atoms with van der Waals surface area (Å²) in [4.78, 5) is 0.